The van der Waals surface area contributed by atoms with Crippen LogP contribution in [-0.2, 0) is 5.41 Å². The minimum atomic E-state index is -0.646. The van der Waals surface area contributed by atoms with Crippen molar-refractivity contribution in [1.82, 2.24) is 0 Å². The highest BCUT2D eigenvalue weighted by Gasteiger charge is 2.45. The molecule has 0 aromatic heterocycles. The normalized spacial score (nSPS) is 12.6. The lowest BCUT2D eigenvalue weighted by Crippen LogP contribution is -2.28. The summed E-state index contributed by atoms with van der Waals surface area (Å²) in [6.45, 7) is 7.85. The van der Waals surface area contributed by atoms with Crippen molar-refractivity contribution in [2.45, 2.75) is 45.3 Å². The highest BCUT2D eigenvalue weighted by molar-refractivity contribution is 9.11. The third kappa shape index (κ3) is 7.13. The lowest BCUT2D eigenvalue weighted by molar-refractivity contribution is 0.101. The number of halogens is 2. The number of nitrogens with one attached hydrogen (secondary N) is 2. The van der Waals surface area contributed by atoms with Gasteiger partial charge in [0.2, 0.25) is 0 Å². The molecule has 6 nitrogen and oxygen atoms in total. The van der Waals surface area contributed by atoms with E-state index in [0.717, 1.165) is 31.2 Å². The molecule has 7 rings (SSSR count). The average Bonchev–Trinajstić information content (AvgIpc) is 3.44. The summed E-state index contributed by atoms with van der Waals surface area (Å²) < 4.78 is 13.1. The highest BCUT2D eigenvalue weighted by atomic mass is 79.9. The third-order valence-corrected chi connectivity index (χ3v) is 10.5. The monoisotopic (exact) mass is 828 g/mol. The first-order chi connectivity index (χ1) is 25.5. The van der Waals surface area contributed by atoms with Crippen LogP contribution in [0.4, 0.5) is 11.4 Å². The fourth-order valence-corrected chi connectivity index (χ4v) is 7.97. The van der Waals surface area contributed by atoms with Gasteiger partial charge in [-0.1, -0.05) is 72.8 Å². The molecule has 0 saturated carbocycles. The Balaban J connectivity index is 1.21. The zero-order valence-corrected chi connectivity index (χ0v) is 32.9. The van der Waals surface area contributed by atoms with Gasteiger partial charge < -0.3 is 20.1 Å². The summed E-state index contributed by atoms with van der Waals surface area (Å²) in [7, 11) is 0. The molecule has 0 saturated heterocycles. The molecule has 8 heteroatoms. The molecule has 0 fully saturated rings. The number of hydrogen-bond donors (Lipinski definition) is 2. The number of fused-ring (bicyclic) bond motifs is 3. The Kier molecular flexibility index (Phi) is 10.3. The molecule has 0 unspecified atom stereocenters. The zero-order valence-electron chi connectivity index (χ0n) is 29.7. The summed E-state index contributed by atoms with van der Waals surface area (Å²) in [5.74, 6) is 0.944. The Morgan fingerprint density at radius 3 is 1.26 bits per heavy atom. The molecular weight excluding hydrogens is 792 g/mol. The quantitative estimate of drug-likeness (QED) is 0.144. The predicted molar refractivity (Wildman–Crippen MR) is 219 cm³/mol. The summed E-state index contributed by atoms with van der Waals surface area (Å²) in [5.41, 5.74) is 8.52. The first-order valence-corrected chi connectivity index (χ1v) is 19.1. The van der Waals surface area contributed by atoms with Crippen LogP contribution in [0.2, 0.25) is 0 Å². The largest absolute Gasteiger partial charge is 0.490 e. The van der Waals surface area contributed by atoms with E-state index in [9.17, 15) is 9.59 Å². The van der Waals surface area contributed by atoms with Crippen LogP contribution < -0.4 is 20.1 Å². The molecule has 1 aliphatic carbocycles. The SMILES string of the molecule is CC(C)Oc1ccc(C(=O)Nc2ccc(C3(c4ccc(NC(=O)c5ccc(OC(C)C)c(Br)c5)cc4)c4ccccc4-c4ccccc43)cc2)cc1Br. The first kappa shape index (κ1) is 36.2. The molecule has 0 bridgehead atoms. The van der Waals surface area contributed by atoms with Crippen molar-refractivity contribution in [2.75, 3.05) is 10.6 Å². The Labute approximate surface area is 326 Å². The number of carbonyl (C=O) groups excluding carboxylic acids is 2. The van der Waals surface area contributed by atoms with Crippen LogP contribution >= 0.6 is 31.9 Å². The van der Waals surface area contributed by atoms with Gasteiger partial charge in [0.1, 0.15) is 11.5 Å². The molecule has 0 spiro atoms. The van der Waals surface area contributed by atoms with Crippen LogP contribution in [0, 0.1) is 0 Å². The van der Waals surface area contributed by atoms with Gasteiger partial charge in [-0.05, 0) is 154 Å². The van der Waals surface area contributed by atoms with Crippen molar-refractivity contribution in [3.05, 3.63) is 176 Å². The second-order valence-corrected chi connectivity index (χ2v) is 15.2. The van der Waals surface area contributed by atoms with Crippen molar-refractivity contribution in [3.63, 3.8) is 0 Å². The van der Waals surface area contributed by atoms with E-state index in [4.69, 9.17) is 9.47 Å². The molecule has 266 valence electrons. The average molecular weight is 831 g/mol. The Hall–Kier alpha value is -5.18. The lowest BCUT2D eigenvalue weighted by atomic mass is 9.67. The smallest absolute Gasteiger partial charge is 0.255 e. The van der Waals surface area contributed by atoms with E-state index >= 15 is 0 Å². The summed E-state index contributed by atoms with van der Waals surface area (Å²) in [6.07, 6.45) is 0.0414. The summed E-state index contributed by atoms with van der Waals surface area (Å²) >= 11 is 7.08. The third-order valence-electron chi connectivity index (χ3n) is 9.22. The first-order valence-electron chi connectivity index (χ1n) is 17.5. The molecular formula is C45H38Br2N2O4. The molecule has 1 aliphatic rings. The molecule has 0 atom stereocenters. The topological polar surface area (TPSA) is 76.7 Å². The van der Waals surface area contributed by atoms with Crippen LogP contribution in [0.15, 0.2) is 142 Å². The number of benzene rings is 6. The molecule has 0 aliphatic heterocycles. The van der Waals surface area contributed by atoms with E-state index in [1.165, 1.54) is 11.1 Å². The van der Waals surface area contributed by atoms with Gasteiger partial charge >= 0.3 is 0 Å². The van der Waals surface area contributed by atoms with Gasteiger partial charge in [-0.3, -0.25) is 9.59 Å². The van der Waals surface area contributed by atoms with Gasteiger partial charge in [0.15, 0.2) is 0 Å². The molecule has 0 radical (unpaired) electrons. The van der Waals surface area contributed by atoms with Crippen LogP contribution in [0.3, 0.4) is 0 Å². The Morgan fingerprint density at radius 2 is 0.906 bits per heavy atom. The van der Waals surface area contributed by atoms with Gasteiger partial charge in [-0.25, -0.2) is 0 Å². The van der Waals surface area contributed by atoms with Gasteiger partial charge in [-0.2, -0.15) is 0 Å². The maximum Gasteiger partial charge on any atom is 0.255 e. The number of ether oxygens (including phenoxy) is 2. The fraction of sp³-hybridized carbons (Fsp3) is 0.156. The number of rotatable bonds is 10. The van der Waals surface area contributed by atoms with E-state index in [2.05, 4.69) is 115 Å². The van der Waals surface area contributed by atoms with Gasteiger partial charge in [0, 0.05) is 22.5 Å². The second-order valence-electron chi connectivity index (χ2n) is 13.5. The van der Waals surface area contributed by atoms with E-state index < -0.39 is 5.41 Å². The van der Waals surface area contributed by atoms with E-state index in [1.54, 1.807) is 36.4 Å². The van der Waals surface area contributed by atoms with E-state index in [1.807, 2.05) is 52.0 Å². The highest BCUT2D eigenvalue weighted by Crippen LogP contribution is 2.56. The summed E-state index contributed by atoms with van der Waals surface area (Å²) in [6, 6.07) is 43.8. The molecule has 6 aromatic rings. The van der Waals surface area contributed by atoms with Crippen LogP contribution in [0.5, 0.6) is 11.5 Å². The lowest BCUT2D eigenvalue weighted by Gasteiger charge is -2.34. The zero-order chi connectivity index (χ0) is 37.3. The van der Waals surface area contributed by atoms with Crippen molar-refractivity contribution >= 4 is 55.0 Å². The van der Waals surface area contributed by atoms with Crippen LogP contribution in [0.25, 0.3) is 11.1 Å². The van der Waals surface area contributed by atoms with Crippen molar-refractivity contribution < 1.29 is 19.1 Å². The number of hydrogen-bond acceptors (Lipinski definition) is 4. The molecule has 53 heavy (non-hydrogen) atoms. The second kappa shape index (κ2) is 15.0. The Morgan fingerprint density at radius 1 is 0.528 bits per heavy atom. The van der Waals surface area contributed by atoms with Crippen molar-refractivity contribution in [3.8, 4) is 22.6 Å². The number of anilines is 2. The molecule has 2 amide bonds. The van der Waals surface area contributed by atoms with E-state index in [0.29, 0.717) is 34.0 Å². The van der Waals surface area contributed by atoms with Gasteiger partial charge in [0.05, 0.1) is 26.6 Å². The van der Waals surface area contributed by atoms with Gasteiger partial charge in [-0.15, -0.1) is 0 Å². The fourth-order valence-electron chi connectivity index (χ4n) is 7.02. The summed E-state index contributed by atoms with van der Waals surface area (Å²) in [5, 5.41) is 6.11. The minimum absolute atomic E-state index is 0.0207. The maximum atomic E-state index is 13.3. The van der Waals surface area contributed by atoms with Crippen molar-refractivity contribution in [2.24, 2.45) is 0 Å². The van der Waals surface area contributed by atoms with Crippen LogP contribution in [0.1, 0.15) is 70.7 Å². The van der Waals surface area contributed by atoms with E-state index in [-0.39, 0.29) is 24.0 Å². The predicted octanol–water partition coefficient (Wildman–Crippen LogP) is 11.7. The molecule has 2 N–H and O–H groups in total. The molecule has 0 heterocycles. The standard InChI is InChI=1S/C45H38Br2N2O4/c1-27(2)52-41-23-13-29(25-39(41)46)43(50)48-33-19-15-31(16-20-33)45(37-11-7-5-9-35(37)36-10-6-8-12-38(36)45)32-17-21-34(22-18-32)49-44(51)30-14-24-42(40(47)26-30)53-28(3)4/h5-28H,1-4H3,(H,48,50)(H,49,51). The van der Waals surface area contributed by atoms with Gasteiger partial charge in [0.25, 0.3) is 11.8 Å². The van der Waals surface area contributed by atoms with Crippen molar-refractivity contribution in [1.29, 1.82) is 0 Å². The molecule has 6 aromatic carbocycles. The Bertz CT molecular complexity index is 2150. The minimum Gasteiger partial charge on any atom is -0.490 e. The maximum absolute atomic E-state index is 13.3. The van der Waals surface area contributed by atoms with Crippen LogP contribution in [-0.4, -0.2) is 24.0 Å². The number of amides is 2. The number of carbonyl (C=O) groups is 2. The summed E-state index contributed by atoms with van der Waals surface area (Å²) in [4.78, 5) is 26.6.